The molecule has 0 bridgehead atoms. The monoisotopic (exact) mass is 467 g/mol. The van der Waals surface area contributed by atoms with Gasteiger partial charge in [-0.25, -0.2) is 4.39 Å². The molecule has 0 N–H and O–H groups in total. The minimum Gasteiger partial charge on any atom is -0.466 e. The second-order valence-corrected chi connectivity index (χ2v) is 8.29. The minimum absolute atomic E-state index is 0.00974. The summed E-state index contributed by atoms with van der Waals surface area (Å²) in [5, 5.41) is 0. The van der Waals surface area contributed by atoms with Crippen molar-refractivity contribution in [2.45, 2.75) is 31.2 Å². The van der Waals surface area contributed by atoms with Crippen molar-refractivity contribution < 1.29 is 36.1 Å². The zero-order chi connectivity index (χ0) is 23.6. The lowest BCUT2D eigenvalue weighted by Crippen LogP contribution is -2.33. The van der Waals surface area contributed by atoms with Gasteiger partial charge in [0.05, 0.1) is 19.6 Å². The molecular formula is C22H26FNO7S. The Morgan fingerprint density at radius 2 is 1.66 bits per heavy atom. The highest BCUT2D eigenvalue weighted by Crippen LogP contribution is 2.20. The van der Waals surface area contributed by atoms with Crippen molar-refractivity contribution in [3.8, 4) is 5.75 Å². The summed E-state index contributed by atoms with van der Waals surface area (Å²) in [6, 6.07) is 10.5. The fourth-order valence-electron chi connectivity index (χ4n) is 2.74. The standard InChI is InChI=1S/C22H26FNO7S/c1-3-30-22(26)13-12-21(25)24(14-15-29-2)16-17-4-8-19(9-5-17)31-32(27,28)20-10-6-18(23)7-11-20/h4-11H,3,12-16H2,1-2H3. The molecule has 0 radical (unpaired) electrons. The number of esters is 1. The van der Waals surface area contributed by atoms with Crippen molar-refractivity contribution in [2.24, 2.45) is 0 Å². The van der Waals surface area contributed by atoms with Crippen LogP contribution in [0, 0.1) is 5.82 Å². The highest BCUT2D eigenvalue weighted by molar-refractivity contribution is 7.87. The molecule has 2 aromatic carbocycles. The van der Waals surface area contributed by atoms with Crippen LogP contribution < -0.4 is 4.18 Å². The van der Waals surface area contributed by atoms with E-state index < -0.39 is 21.9 Å². The number of ether oxygens (including phenoxy) is 2. The first-order valence-electron chi connectivity index (χ1n) is 9.96. The third kappa shape index (κ3) is 7.93. The maximum Gasteiger partial charge on any atom is 0.339 e. The van der Waals surface area contributed by atoms with Crippen LogP contribution in [-0.2, 0) is 35.7 Å². The normalized spacial score (nSPS) is 11.1. The Morgan fingerprint density at radius 1 is 1.00 bits per heavy atom. The number of carbonyl (C=O) groups is 2. The molecule has 0 fully saturated rings. The fraction of sp³-hybridized carbons (Fsp3) is 0.364. The number of hydrogen-bond acceptors (Lipinski definition) is 7. The maximum atomic E-state index is 13.0. The molecule has 1 amide bonds. The Hall–Kier alpha value is -2.98. The van der Waals surface area contributed by atoms with E-state index in [2.05, 4.69) is 0 Å². The lowest BCUT2D eigenvalue weighted by Gasteiger charge is -2.22. The number of methoxy groups -OCH3 is 1. The predicted molar refractivity (Wildman–Crippen MR) is 114 cm³/mol. The maximum absolute atomic E-state index is 13.0. The molecule has 0 unspecified atom stereocenters. The molecule has 0 atom stereocenters. The van der Waals surface area contributed by atoms with E-state index in [1.165, 1.54) is 19.2 Å². The molecule has 0 aliphatic rings. The molecule has 174 valence electrons. The fourth-order valence-corrected chi connectivity index (χ4v) is 3.67. The summed E-state index contributed by atoms with van der Waals surface area (Å²) < 4.78 is 52.6. The first-order chi connectivity index (χ1) is 15.2. The summed E-state index contributed by atoms with van der Waals surface area (Å²) in [6.07, 6.45) is 0.00380. The molecule has 0 aromatic heterocycles. The quantitative estimate of drug-likeness (QED) is 0.350. The topological polar surface area (TPSA) is 99.2 Å². The van der Waals surface area contributed by atoms with E-state index in [9.17, 15) is 22.4 Å². The number of halogens is 1. The van der Waals surface area contributed by atoms with E-state index in [4.69, 9.17) is 13.7 Å². The third-order valence-electron chi connectivity index (χ3n) is 4.37. The van der Waals surface area contributed by atoms with Crippen LogP contribution >= 0.6 is 0 Å². The van der Waals surface area contributed by atoms with Gasteiger partial charge in [0.1, 0.15) is 16.5 Å². The van der Waals surface area contributed by atoms with Gasteiger partial charge in [-0.1, -0.05) is 12.1 Å². The van der Waals surface area contributed by atoms with Gasteiger partial charge in [0.25, 0.3) is 0 Å². The van der Waals surface area contributed by atoms with Gasteiger partial charge in [0, 0.05) is 26.6 Å². The summed E-state index contributed by atoms with van der Waals surface area (Å²) >= 11 is 0. The first kappa shape index (κ1) is 25.3. The lowest BCUT2D eigenvalue weighted by atomic mass is 10.2. The molecule has 0 aliphatic heterocycles. The van der Waals surface area contributed by atoms with Gasteiger partial charge in [-0.15, -0.1) is 0 Å². The second kappa shape index (κ2) is 12.2. The number of nitrogens with zero attached hydrogens (tertiary/aromatic N) is 1. The Balaban J connectivity index is 2.02. The summed E-state index contributed by atoms with van der Waals surface area (Å²) in [4.78, 5) is 25.4. The summed E-state index contributed by atoms with van der Waals surface area (Å²) in [7, 11) is -2.58. The number of rotatable bonds is 12. The van der Waals surface area contributed by atoms with Crippen LogP contribution in [-0.4, -0.2) is 52.1 Å². The number of benzene rings is 2. The van der Waals surface area contributed by atoms with Gasteiger partial charge < -0.3 is 18.6 Å². The lowest BCUT2D eigenvalue weighted by molar-refractivity contribution is -0.145. The third-order valence-corrected chi connectivity index (χ3v) is 5.63. The molecule has 8 nitrogen and oxygen atoms in total. The summed E-state index contributed by atoms with van der Waals surface area (Å²) in [6.45, 7) is 2.85. The average molecular weight is 468 g/mol. The van der Waals surface area contributed by atoms with Crippen LogP contribution in [0.15, 0.2) is 53.4 Å². The van der Waals surface area contributed by atoms with Crippen molar-refractivity contribution in [3.63, 3.8) is 0 Å². The second-order valence-electron chi connectivity index (χ2n) is 6.75. The van der Waals surface area contributed by atoms with Gasteiger partial charge in [0.2, 0.25) is 5.91 Å². The Kier molecular flexibility index (Phi) is 9.61. The smallest absolute Gasteiger partial charge is 0.339 e. The summed E-state index contributed by atoms with van der Waals surface area (Å²) in [5.74, 6) is -1.14. The van der Waals surface area contributed by atoms with Crippen LogP contribution in [0.1, 0.15) is 25.3 Å². The molecule has 2 aromatic rings. The van der Waals surface area contributed by atoms with Crippen molar-refractivity contribution >= 4 is 22.0 Å². The van der Waals surface area contributed by atoms with Crippen molar-refractivity contribution in [3.05, 3.63) is 59.9 Å². The van der Waals surface area contributed by atoms with Gasteiger partial charge >= 0.3 is 16.1 Å². The largest absolute Gasteiger partial charge is 0.466 e. The van der Waals surface area contributed by atoms with Gasteiger partial charge in [0.15, 0.2) is 0 Å². The molecule has 0 saturated heterocycles. The SMILES string of the molecule is CCOC(=O)CCC(=O)N(CCOC)Cc1ccc(OS(=O)(=O)c2ccc(F)cc2)cc1. The van der Waals surface area contributed by atoms with Crippen LogP contribution in [0.5, 0.6) is 5.75 Å². The van der Waals surface area contributed by atoms with Crippen LogP contribution in [0.2, 0.25) is 0 Å². The predicted octanol–water partition coefficient (Wildman–Crippen LogP) is 2.91. The zero-order valence-corrected chi connectivity index (χ0v) is 18.8. The van der Waals surface area contributed by atoms with Crippen molar-refractivity contribution in [1.82, 2.24) is 4.90 Å². The van der Waals surface area contributed by atoms with Crippen LogP contribution in [0.4, 0.5) is 4.39 Å². The van der Waals surface area contributed by atoms with Crippen molar-refractivity contribution in [1.29, 1.82) is 0 Å². The van der Waals surface area contributed by atoms with Gasteiger partial charge in [-0.2, -0.15) is 8.42 Å². The molecular weight excluding hydrogens is 441 g/mol. The van der Waals surface area contributed by atoms with E-state index in [-0.39, 0.29) is 42.5 Å². The Labute approximate surface area is 187 Å². The molecule has 0 aliphatic carbocycles. The van der Waals surface area contributed by atoms with E-state index in [1.54, 1.807) is 24.0 Å². The highest BCUT2D eigenvalue weighted by atomic mass is 32.2. The molecule has 10 heteroatoms. The molecule has 0 saturated carbocycles. The van der Waals surface area contributed by atoms with Gasteiger partial charge in [-0.05, 0) is 48.9 Å². The van der Waals surface area contributed by atoms with Gasteiger partial charge in [-0.3, -0.25) is 9.59 Å². The number of hydrogen-bond donors (Lipinski definition) is 0. The highest BCUT2D eigenvalue weighted by Gasteiger charge is 2.18. The molecule has 0 spiro atoms. The molecule has 0 heterocycles. The van der Waals surface area contributed by atoms with Crippen LogP contribution in [0.3, 0.4) is 0 Å². The molecule has 32 heavy (non-hydrogen) atoms. The van der Waals surface area contributed by atoms with Crippen molar-refractivity contribution in [2.75, 3.05) is 26.9 Å². The molecule has 2 rings (SSSR count). The Morgan fingerprint density at radius 3 is 2.25 bits per heavy atom. The van der Waals surface area contributed by atoms with E-state index in [0.717, 1.165) is 29.8 Å². The minimum atomic E-state index is -4.10. The first-order valence-corrected chi connectivity index (χ1v) is 11.4. The van der Waals surface area contributed by atoms with E-state index >= 15 is 0 Å². The summed E-state index contributed by atoms with van der Waals surface area (Å²) in [5.41, 5.74) is 0.733. The van der Waals surface area contributed by atoms with Crippen LogP contribution in [0.25, 0.3) is 0 Å². The van der Waals surface area contributed by atoms with E-state index in [1.807, 2.05) is 0 Å². The number of amides is 1. The average Bonchev–Trinajstić information content (AvgIpc) is 2.76. The van der Waals surface area contributed by atoms with E-state index in [0.29, 0.717) is 13.2 Å². The number of carbonyl (C=O) groups excluding carboxylic acids is 2. The Bertz CT molecular complexity index is 992. The zero-order valence-electron chi connectivity index (χ0n) is 18.0.